The third kappa shape index (κ3) is 4.43. The molecule has 2 aliphatic heterocycles. The Morgan fingerprint density at radius 3 is 2.61 bits per heavy atom. The second-order valence-corrected chi connectivity index (χ2v) is 7.27. The van der Waals surface area contributed by atoms with Gasteiger partial charge < -0.3 is 20.1 Å². The molecule has 1 saturated heterocycles. The molecule has 0 saturated carbocycles. The quantitative estimate of drug-likeness (QED) is 0.795. The Labute approximate surface area is 163 Å². The number of carbonyl (C=O) groups excluding carboxylic acids is 1. The lowest BCUT2D eigenvalue weighted by Gasteiger charge is -2.36. The molecule has 4 rings (SSSR count). The Kier molecular flexibility index (Phi) is 5.45. The van der Waals surface area contributed by atoms with Crippen LogP contribution in [0.2, 0.25) is 0 Å². The summed E-state index contributed by atoms with van der Waals surface area (Å²) in [4.78, 5) is 15.8. The molecule has 148 valence electrons. The number of rotatable bonds is 6. The number of carbonyl (C=O) groups is 1. The zero-order chi connectivity index (χ0) is 19.5. The van der Waals surface area contributed by atoms with Crippen LogP contribution in [0.15, 0.2) is 42.5 Å². The number of fused-ring (bicyclic) bond motifs is 1. The van der Waals surface area contributed by atoms with Gasteiger partial charge >= 0.3 is 0 Å². The van der Waals surface area contributed by atoms with Crippen molar-refractivity contribution in [3.05, 3.63) is 53.8 Å². The van der Waals surface area contributed by atoms with Crippen molar-refractivity contribution in [3.8, 4) is 5.75 Å². The lowest BCUT2D eigenvalue weighted by Crippen LogP contribution is -2.49. The van der Waals surface area contributed by atoms with E-state index in [1.165, 1.54) is 12.1 Å². The largest absolute Gasteiger partial charge is 0.491 e. The van der Waals surface area contributed by atoms with Gasteiger partial charge in [-0.1, -0.05) is 0 Å². The molecule has 2 heterocycles. The first-order valence-electron chi connectivity index (χ1n) is 9.53. The molecule has 0 aliphatic carbocycles. The summed E-state index contributed by atoms with van der Waals surface area (Å²) in [6.45, 7) is 4.10. The molecule has 2 aromatic carbocycles. The first-order chi connectivity index (χ1) is 13.6. The molecule has 28 heavy (non-hydrogen) atoms. The van der Waals surface area contributed by atoms with E-state index in [0.717, 1.165) is 43.1 Å². The number of halogens is 1. The number of hydrogen-bond acceptors (Lipinski definition) is 5. The summed E-state index contributed by atoms with van der Waals surface area (Å²) in [5, 5.41) is 13.1. The molecule has 0 radical (unpaired) electrons. The molecule has 2 aliphatic rings. The number of ether oxygens (including phenoxy) is 1. The number of aliphatic hydroxyl groups excluding tert-OH is 1. The third-order valence-electron chi connectivity index (χ3n) is 5.18. The number of aliphatic hydroxyl groups is 1. The second kappa shape index (κ2) is 8.16. The van der Waals surface area contributed by atoms with E-state index in [4.69, 9.17) is 4.74 Å². The minimum atomic E-state index is -0.592. The molecule has 1 amide bonds. The smallest absolute Gasteiger partial charge is 0.228 e. The van der Waals surface area contributed by atoms with Gasteiger partial charge in [-0.05, 0) is 48.0 Å². The Morgan fingerprint density at radius 1 is 1.11 bits per heavy atom. The van der Waals surface area contributed by atoms with Crippen LogP contribution in [0.3, 0.4) is 0 Å². The van der Waals surface area contributed by atoms with Gasteiger partial charge in [0.15, 0.2) is 0 Å². The van der Waals surface area contributed by atoms with Crippen molar-refractivity contribution in [1.82, 2.24) is 4.90 Å². The van der Waals surface area contributed by atoms with E-state index in [-0.39, 0.29) is 18.3 Å². The van der Waals surface area contributed by atoms with Crippen LogP contribution in [-0.4, -0.2) is 61.3 Å². The Bertz CT molecular complexity index is 835. The summed E-state index contributed by atoms with van der Waals surface area (Å²) in [7, 11) is 0. The maximum absolute atomic E-state index is 13.1. The minimum absolute atomic E-state index is 0.00744. The number of anilines is 2. The molecule has 0 spiro atoms. The van der Waals surface area contributed by atoms with Gasteiger partial charge in [0.2, 0.25) is 5.91 Å². The highest BCUT2D eigenvalue weighted by molar-refractivity contribution is 5.99. The maximum atomic E-state index is 13.1. The van der Waals surface area contributed by atoms with Crippen LogP contribution in [0, 0.1) is 5.82 Å². The number of amides is 1. The summed E-state index contributed by atoms with van der Waals surface area (Å²) in [6, 6.07) is 12.0. The lowest BCUT2D eigenvalue weighted by atomic mass is 10.1. The van der Waals surface area contributed by atoms with Crippen molar-refractivity contribution in [2.24, 2.45) is 0 Å². The van der Waals surface area contributed by atoms with Crippen LogP contribution in [0.1, 0.15) is 5.56 Å². The predicted molar refractivity (Wildman–Crippen MR) is 105 cm³/mol. The molecular weight excluding hydrogens is 361 g/mol. The molecule has 0 unspecified atom stereocenters. The van der Waals surface area contributed by atoms with Crippen LogP contribution < -0.4 is 15.0 Å². The predicted octanol–water partition coefficient (Wildman–Crippen LogP) is 1.88. The monoisotopic (exact) mass is 385 g/mol. The fraction of sp³-hybridized carbons (Fsp3) is 0.381. The number of benzene rings is 2. The van der Waals surface area contributed by atoms with E-state index in [2.05, 4.69) is 15.1 Å². The first kappa shape index (κ1) is 18.7. The van der Waals surface area contributed by atoms with E-state index in [1.54, 1.807) is 18.2 Å². The zero-order valence-electron chi connectivity index (χ0n) is 15.6. The number of β-amino-alcohol motifs (C(OH)–C–C–N with tert-alkyl or cyclic N) is 1. The van der Waals surface area contributed by atoms with Crippen molar-refractivity contribution in [1.29, 1.82) is 0 Å². The van der Waals surface area contributed by atoms with Gasteiger partial charge in [0.25, 0.3) is 0 Å². The zero-order valence-corrected chi connectivity index (χ0v) is 15.6. The molecule has 0 bridgehead atoms. The molecule has 6 nitrogen and oxygen atoms in total. The Hall–Kier alpha value is -2.64. The van der Waals surface area contributed by atoms with E-state index in [9.17, 15) is 14.3 Å². The number of piperazine rings is 1. The normalized spacial score (nSPS) is 17.9. The molecule has 0 aromatic heterocycles. The van der Waals surface area contributed by atoms with Gasteiger partial charge in [0.1, 0.15) is 24.3 Å². The molecular formula is C21H24FN3O3. The van der Waals surface area contributed by atoms with Gasteiger partial charge in [-0.25, -0.2) is 4.39 Å². The maximum Gasteiger partial charge on any atom is 0.228 e. The van der Waals surface area contributed by atoms with Gasteiger partial charge in [0, 0.05) is 44.1 Å². The molecule has 1 atom stereocenters. The summed E-state index contributed by atoms with van der Waals surface area (Å²) in [6.07, 6.45) is -0.224. The summed E-state index contributed by atoms with van der Waals surface area (Å²) < 4.78 is 18.8. The highest BCUT2D eigenvalue weighted by Gasteiger charge is 2.21. The molecule has 1 fully saturated rings. The molecule has 2 aromatic rings. The van der Waals surface area contributed by atoms with Gasteiger partial charge in [-0.15, -0.1) is 0 Å². The van der Waals surface area contributed by atoms with Gasteiger partial charge in [0.05, 0.1) is 6.42 Å². The van der Waals surface area contributed by atoms with Gasteiger partial charge in [-0.3, -0.25) is 9.69 Å². The second-order valence-electron chi connectivity index (χ2n) is 7.27. The van der Waals surface area contributed by atoms with Crippen LogP contribution in [-0.2, 0) is 11.2 Å². The van der Waals surface area contributed by atoms with Crippen molar-refractivity contribution < 1.29 is 19.0 Å². The lowest BCUT2D eigenvalue weighted by molar-refractivity contribution is -0.115. The third-order valence-corrected chi connectivity index (χ3v) is 5.18. The van der Waals surface area contributed by atoms with Crippen LogP contribution >= 0.6 is 0 Å². The summed E-state index contributed by atoms with van der Waals surface area (Å²) in [5.74, 6) is 0.430. The van der Waals surface area contributed by atoms with E-state index in [1.807, 2.05) is 12.1 Å². The van der Waals surface area contributed by atoms with Crippen LogP contribution in [0.4, 0.5) is 15.8 Å². The van der Waals surface area contributed by atoms with Crippen LogP contribution in [0.25, 0.3) is 0 Å². The highest BCUT2D eigenvalue weighted by Crippen LogP contribution is 2.27. The van der Waals surface area contributed by atoms with Crippen molar-refractivity contribution >= 4 is 17.3 Å². The number of nitrogens with zero attached hydrogens (tertiary/aromatic N) is 2. The topological polar surface area (TPSA) is 65.0 Å². The molecule has 7 heteroatoms. The fourth-order valence-electron chi connectivity index (χ4n) is 3.68. The molecule has 2 N–H and O–H groups in total. The van der Waals surface area contributed by atoms with E-state index < -0.39 is 6.10 Å². The van der Waals surface area contributed by atoms with Crippen molar-refractivity contribution in [2.75, 3.05) is 49.5 Å². The van der Waals surface area contributed by atoms with Crippen molar-refractivity contribution in [3.63, 3.8) is 0 Å². The first-order valence-corrected chi connectivity index (χ1v) is 9.53. The number of nitrogens with one attached hydrogen (secondary N) is 1. The van der Waals surface area contributed by atoms with Crippen LogP contribution in [0.5, 0.6) is 5.75 Å². The van der Waals surface area contributed by atoms with Gasteiger partial charge in [-0.2, -0.15) is 0 Å². The Balaban J connectivity index is 1.22. The fourth-order valence-corrected chi connectivity index (χ4v) is 3.68. The Morgan fingerprint density at radius 2 is 1.86 bits per heavy atom. The highest BCUT2D eigenvalue weighted by atomic mass is 19.1. The standard InChI is InChI=1S/C21H24FN3O3/c22-16-1-3-17(4-2-16)25-9-7-24(8-10-25)13-18(26)14-28-19-5-6-20-15(11-19)12-21(27)23-20/h1-6,11,18,26H,7-10,12-14H2,(H,23,27)/t18-/m1/s1. The number of hydrogen-bond donors (Lipinski definition) is 2. The summed E-state index contributed by atoms with van der Waals surface area (Å²) >= 11 is 0. The minimum Gasteiger partial charge on any atom is -0.491 e. The van der Waals surface area contributed by atoms with E-state index >= 15 is 0 Å². The SMILES string of the molecule is O=C1Cc2cc(OC[C@H](O)CN3CCN(c4ccc(F)cc4)CC3)ccc2N1. The van der Waals surface area contributed by atoms with E-state index in [0.29, 0.717) is 18.7 Å². The summed E-state index contributed by atoms with van der Waals surface area (Å²) in [5.41, 5.74) is 2.78. The average Bonchev–Trinajstić information content (AvgIpc) is 3.07. The van der Waals surface area contributed by atoms with Crippen molar-refractivity contribution in [2.45, 2.75) is 12.5 Å². The average molecular weight is 385 g/mol.